The van der Waals surface area contributed by atoms with Crippen LogP contribution in [0.5, 0.6) is 0 Å². The highest BCUT2D eigenvalue weighted by Gasteiger charge is 2.40. The number of likely N-dealkylation sites (tertiary alicyclic amines) is 1. The zero-order valence-corrected chi connectivity index (χ0v) is 14.6. The SMILES string of the molecule is C[C@H]1S[C@H](c2ccc(C(F)(F)F)cc2)N(CC(=O)N2CCCC2)C1=O. The van der Waals surface area contributed by atoms with Crippen molar-refractivity contribution in [3.05, 3.63) is 35.4 Å². The second kappa shape index (κ2) is 6.90. The lowest BCUT2D eigenvalue weighted by Gasteiger charge is -2.26. The van der Waals surface area contributed by atoms with Crippen LogP contribution in [0, 0.1) is 0 Å². The van der Waals surface area contributed by atoms with E-state index < -0.39 is 17.1 Å². The van der Waals surface area contributed by atoms with Gasteiger partial charge in [0.1, 0.15) is 11.9 Å². The van der Waals surface area contributed by atoms with Gasteiger partial charge < -0.3 is 9.80 Å². The van der Waals surface area contributed by atoms with E-state index in [1.54, 1.807) is 11.8 Å². The molecule has 1 aromatic carbocycles. The Morgan fingerprint density at radius 3 is 2.36 bits per heavy atom. The Balaban J connectivity index is 1.78. The molecular formula is C17H19F3N2O2S. The van der Waals surface area contributed by atoms with Gasteiger partial charge in [0.15, 0.2) is 0 Å². The quantitative estimate of drug-likeness (QED) is 0.818. The average molecular weight is 372 g/mol. The smallest absolute Gasteiger partial charge is 0.341 e. The Morgan fingerprint density at radius 1 is 1.20 bits per heavy atom. The van der Waals surface area contributed by atoms with Gasteiger partial charge >= 0.3 is 6.18 Å². The summed E-state index contributed by atoms with van der Waals surface area (Å²) in [5.74, 6) is -0.250. The van der Waals surface area contributed by atoms with Crippen molar-refractivity contribution < 1.29 is 22.8 Å². The first kappa shape index (κ1) is 18.1. The van der Waals surface area contributed by atoms with Crippen molar-refractivity contribution in [1.82, 2.24) is 9.80 Å². The van der Waals surface area contributed by atoms with Crippen molar-refractivity contribution in [1.29, 1.82) is 0 Å². The molecule has 0 aliphatic carbocycles. The topological polar surface area (TPSA) is 40.6 Å². The van der Waals surface area contributed by atoms with Gasteiger partial charge in [0.05, 0.1) is 10.8 Å². The Hall–Kier alpha value is -1.70. The minimum atomic E-state index is -4.39. The maximum atomic E-state index is 12.7. The molecule has 8 heteroatoms. The molecule has 0 N–H and O–H groups in total. The predicted molar refractivity (Wildman–Crippen MR) is 88.8 cm³/mol. The van der Waals surface area contributed by atoms with E-state index in [1.807, 2.05) is 0 Å². The Bertz CT molecular complexity index is 657. The number of nitrogens with zero attached hydrogens (tertiary/aromatic N) is 2. The molecule has 0 spiro atoms. The van der Waals surface area contributed by atoms with Gasteiger partial charge in [-0.1, -0.05) is 12.1 Å². The summed E-state index contributed by atoms with van der Waals surface area (Å²) in [7, 11) is 0. The second-order valence-corrected chi connectivity index (χ2v) is 7.73. The van der Waals surface area contributed by atoms with Crippen LogP contribution >= 0.6 is 11.8 Å². The molecule has 0 unspecified atom stereocenters. The summed E-state index contributed by atoms with van der Waals surface area (Å²) in [6.45, 7) is 3.13. The lowest BCUT2D eigenvalue weighted by atomic mass is 10.1. The Kier molecular flexibility index (Phi) is 4.99. The highest BCUT2D eigenvalue weighted by atomic mass is 32.2. The third-order valence-electron chi connectivity index (χ3n) is 4.53. The fraction of sp³-hybridized carbons (Fsp3) is 0.529. The fourth-order valence-corrected chi connectivity index (χ4v) is 4.42. The van der Waals surface area contributed by atoms with Crippen molar-refractivity contribution in [2.75, 3.05) is 19.6 Å². The van der Waals surface area contributed by atoms with Crippen LogP contribution in [0.3, 0.4) is 0 Å². The van der Waals surface area contributed by atoms with Crippen LogP contribution < -0.4 is 0 Å². The molecular weight excluding hydrogens is 353 g/mol. The Labute approximate surface area is 148 Å². The zero-order valence-electron chi connectivity index (χ0n) is 13.8. The third-order valence-corrected chi connectivity index (χ3v) is 5.93. The highest BCUT2D eigenvalue weighted by Crippen LogP contribution is 2.43. The summed E-state index contributed by atoms with van der Waals surface area (Å²) < 4.78 is 38.2. The maximum absolute atomic E-state index is 12.7. The van der Waals surface area contributed by atoms with Gasteiger partial charge in [-0.25, -0.2) is 0 Å². The molecule has 136 valence electrons. The van der Waals surface area contributed by atoms with Crippen LogP contribution in [0.2, 0.25) is 0 Å². The number of hydrogen-bond acceptors (Lipinski definition) is 3. The number of thioether (sulfide) groups is 1. The van der Waals surface area contributed by atoms with Crippen molar-refractivity contribution >= 4 is 23.6 Å². The molecule has 2 atom stereocenters. The first-order valence-corrected chi connectivity index (χ1v) is 9.12. The molecule has 0 aromatic heterocycles. The number of halogens is 3. The summed E-state index contributed by atoms with van der Waals surface area (Å²) in [6, 6.07) is 4.81. The lowest BCUT2D eigenvalue weighted by molar-refractivity contribution is -0.139. The number of rotatable bonds is 3. The Morgan fingerprint density at radius 2 is 1.80 bits per heavy atom. The van der Waals surface area contributed by atoms with Crippen LogP contribution in [-0.4, -0.2) is 46.5 Å². The summed E-state index contributed by atoms with van der Waals surface area (Å²) in [6.07, 6.45) is -2.46. The van der Waals surface area contributed by atoms with E-state index in [4.69, 9.17) is 0 Å². The zero-order chi connectivity index (χ0) is 18.2. The van der Waals surface area contributed by atoms with Gasteiger partial charge in [-0.3, -0.25) is 9.59 Å². The van der Waals surface area contributed by atoms with Gasteiger partial charge in [-0.15, -0.1) is 11.8 Å². The second-order valence-electron chi connectivity index (χ2n) is 6.30. The van der Waals surface area contributed by atoms with Crippen LogP contribution in [0.15, 0.2) is 24.3 Å². The molecule has 2 heterocycles. The molecule has 1 aromatic rings. The minimum absolute atomic E-state index is 0.0259. The third kappa shape index (κ3) is 3.78. The van der Waals surface area contributed by atoms with Crippen molar-refractivity contribution in [2.45, 2.75) is 36.6 Å². The molecule has 2 fully saturated rings. The van der Waals surface area contributed by atoms with Gasteiger partial charge in [0.25, 0.3) is 0 Å². The molecule has 25 heavy (non-hydrogen) atoms. The molecule has 2 amide bonds. The maximum Gasteiger partial charge on any atom is 0.416 e. The van der Waals surface area contributed by atoms with Crippen LogP contribution in [0.4, 0.5) is 13.2 Å². The molecule has 3 rings (SSSR count). The summed E-state index contributed by atoms with van der Waals surface area (Å²) in [5.41, 5.74) is -0.122. The number of carbonyl (C=O) groups excluding carboxylic acids is 2. The van der Waals surface area contributed by atoms with E-state index in [1.165, 1.54) is 28.8 Å². The van der Waals surface area contributed by atoms with Gasteiger partial charge in [-0.05, 0) is 37.5 Å². The standard InChI is InChI=1S/C17H19F3N2O2S/c1-11-15(24)22(10-14(23)21-8-2-3-9-21)16(25-11)12-4-6-13(7-5-12)17(18,19)20/h4-7,11,16H,2-3,8-10H2,1H3/t11-,16-/m1/s1. The molecule has 4 nitrogen and oxygen atoms in total. The van der Waals surface area contributed by atoms with Crippen LogP contribution in [-0.2, 0) is 15.8 Å². The van der Waals surface area contributed by atoms with Gasteiger partial charge in [0.2, 0.25) is 11.8 Å². The van der Waals surface area contributed by atoms with Crippen LogP contribution in [0.25, 0.3) is 0 Å². The summed E-state index contributed by atoms with van der Waals surface area (Å²) in [5, 5.41) is -0.755. The monoisotopic (exact) mass is 372 g/mol. The van der Waals surface area contributed by atoms with Crippen molar-refractivity contribution in [3.8, 4) is 0 Å². The lowest BCUT2D eigenvalue weighted by Crippen LogP contribution is -2.41. The molecule has 2 aliphatic heterocycles. The summed E-state index contributed by atoms with van der Waals surface area (Å²) >= 11 is 1.36. The number of carbonyl (C=O) groups is 2. The van der Waals surface area contributed by atoms with Crippen LogP contribution in [0.1, 0.15) is 36.3 Å². The van der Waals surface area contributed by atoms with E-state index in [0.717, 1.165) is 25.0 Å². The fourth-order valence-electron chi connectivity index (χ4n) is 3.14. The normalized spacial score (nSPS) is 24.2. The minimum Gasteiger partial charge on any atom is -0.341 e. The predicted octanol–water partition coefficient (Wildman–Crippen LogP) is 3.29. The van der Waals surface area contributed by atoms with E-state index in [2.05, 4.69) is 0 Å². The van der Waals surface area contributed by atoms with E-state index in [0.29, 0.717) is 18.7 Å². The number of hydrogen-bond donors (Lipinski definition) is 0. The van der Waals surface area contributed by atoms with E-state index >= 15 is 0 Å². The average Bonchev–Trinajstić information content (AvgIpc) is 3.18. The van der Waals surface area contributed by atoms with Crippen molar-refractivity contribution in [2.24, 2.45) is 0 Å². The molecule has 2 saturated heterocycles. The summed E-state index contributed by atoms with van der Waals surface area (Å²) in [4.78, 5) is 28.0. The largest absolute Gasteiger partial charge is 0.416 e. The van der Waals surface area contributed by atoms with Gasteiger partial charge in [0, 0.05) is 13.1 Å². The van der Waals surface area contributed by atoms with E-state index in [9.17, 15) is 22.8 Å². The van der Waals surface area contributed by atoms with Gasteiger partial charge in [-0.2, -0.15) is 13.2 Å². The van der Waals surface area contributed by atoms with Crippen molar-refractivity contribution in [3.63, 3.8) is 0 Å². The number of amides is 2. The molecule has 0 saturated carbocycles. The molecule has 0 radical (unpaired) electrons. The number of alkyl halides is 3. The first-order valence-electron chi connectivity index (χ1n) is 8.18. The first-order chi connectivity index (χ1) is 11.8. The van der Waals surface area contributed by atoms with E-state index in [-0.39, 0.29) is 23.6 Å². The molecule has 0 bridgehead atoms. The molecule has 2 aliphatic rings. The number of benzene rings is 1. The highest BCUT2D eigenvalue weighted by molar-refractivity contribution is 8.01.